The summed E-state index contributed by atoms with van der Waals surface area (Å²) in [6, 6.07) is 8.93. The van der Waals surface area contributed by atoms with E-state index >= 15 is 0 Å². The minimum absolute atomic E-state index is 0.233. The van der Waals surface area contributed by atoms with Gasteiger partial charge in [-0.05, 0) is 49.2 Å². The van der Waals surface area contributed by atoms with Crippen molar-refractivity contribution in [3.05, 3.63) is 51.5 Å². The number of nitrogens with two attached hydrogens (primary N) is 1. The van der Waals surface area contributed by atoms with Crippen LogP contribution in [0.5, 0.6) is 5.75 Å². The molecule has 110 valence electrons. The fourth-order valence-corrected chi connectivity index (χ4v) is 2.85. The van der Waals surface area contributed by atoms with Crippen molar-refractivity contribution in [2.75, 3.05) is 18.2 Å². The van der Waals surface area contributed by atoms with Gasteiger partial charge in [0.25, 0.3) is 5.91 Å². The number of aryl methyl sites for hydroxylation is 2. The molecule has 0 spiro atoms. The maximum Gasteiger partial charge on any atom is 0.257 e. The molecule has 0 unspecified atom stereocenters. The average molecular weight is 349 g/mol. The minimum Gasteiger partial charge on any atom is -0.497 e. The van der Waals surface area contributed by atoms with Crippen LogP contribution in [0, 0.1) is 13.8 Å². The molecule has 0 saturated carbocycles. The van der Waals surface area contributed by atoms with Gasteiger partial charge in [0.2, 0.25) is 0 Å². The number of hydrogen-bond donors (Lipinski definition) is 2. The summed E-state index contributed by atoms with van der Waals surface area (Å²) in [5, 5.41) is 2.92. The molecule has 0 aromatic heterocycles. The van der Waals surface area contributed by atoms with E-state index in [4.69, 9.17) is 10.5 Å². The number of amides is 1. The number of anilines is 2. The molecule has 0 bridgehead atoms. The van der Waals surface area contributed by atoms with E-state index in [1.807, 2.05) is 26.0 Å². The first-order valence-electron chi connectivity index (χ1n) is 6.44. The maximum atomic E-state index is 12.4. The van der Waals surface area contributed by atoms with E-state index in [0.717, 1.165) is 21.3 Å². The molecule has 0 atom stereocenters. The zero-order valence-corrected chi connectivity index (χ0v) is 13.7. The van der Waals surface area contributed by atoms with Gasteiger partial charge in [-0.25, -0.2) is 0 Å². The molecule has 2 rings (SSSR count). The van der Waals surface area contributed by atoms with Gasteiger partial charge in [0.15, 0.2) is 0 Å². The number of halogens is 1. The van der Waals surface area contributed by atoms with E-state index in [0.29, 0.717) is 17.0 Å². The summed E-state index contributed by atoms with van der Waals surface area (Å²) in [6.45, 7) is 3.90. The van der Waals surface area contributed by atoms with Gasteiger partial charge in [0.1, 0.15) is 5.75 Å². The number of carbonyl (C=O) groups excluding carboxylic acids is 1. The molecule has 3 N–H and O–H groups in total. The lowest BCUT2D eigenvalue weighted by atomic mass is 10.1. The van der Waals surface area contributed by atoms with Gasteiger partial charge < -0.3 is 15.8 Å². The number of carbonyl (C=O) groups is 1. The molecular formula is C16H17BrN2O2. The summed E-state index contributed by atoms with van der Waals surface area (Å²) in [5.74, 6) is 0.392. The summed E-state index contributed by atoms with van der Waals surface area (Å²) in [7, 11) is 1.56. The third kappa shape index (κ3) is 3.36. The Morgan fingerprint density at radius 1 is 1.19 bits per heavy atom. The molecule has 0 aliphatic carbocycles. The van der Waals surface area contributed by atoms with Gasteiger partial charge in [-0.1, -0.05) is 15.9 Å². The molecule has 5 heteroatoms. The Kier molecular flexibility index (Phi) is 4.53. The Bertz CT molecular complexity index is 676. The van der Waals surface area contributed by atoms with E-state index < -0.39 is 0 Å². The Balaban J connectivity index is 2.30. The van der Waals surface area contributed by atoms with E-state index in [2.05, 4.69) is 21.2 Å². The van der Waals surface area contributed by atoms with Gasteiger partial charge in [-0.2, -0.15) is 0 Å². The molecule has 0 saturated heterocycles. The van der Waals surface area contributed by atoms with Crippen LogP contribution >= 0.6 is 15.9 Å². The summed E-state index contributed by atoms with van der Waals surface area (Å²) in [6.07, 6.45) is 0. The van der Waals surface area contributed by atoms with Crippen LogP contribution in [0.2, 0.25) is 0 Å². The molecule has 2 aromatic rings. The summed E-state index contributed by atoms with van der Waals surface area (Å²) in [5.41, 5.74) is 9.50. The summed E-state index contributed by atoms with van der Waals surface area (Å²) >= 11 is 3.44. The van der Waals surface area contributed by atoms with Crippen LogP contribution in [0.15, 0.2) is 34.8 Å². The first-order chi connectivity index (χ1) is 9.92. The first-order valence-corrected chi connectivity index (χ1v) is 7.23. The third-order valence-electron chi connectivity index (χ3n) is 3.24. The van der Waals surface area contributed by atoms with Crippen molar-refractivity contribution in [3.8, 4) is 5.75 Å². The number of rotatable bonds is 3. The monoisotopic (exact) mass is 348 g/mol. The highest BCUT2D eigenvalue weighted by molar-refractivity contribution is 9.10. The minimum atomic E-state index is -0.233. The molecule has 21 heavy (non-hydrogen) atoms. The number of methoxy groups -OCH3 is 1. The lowest BCUT2D eigenvalue weighted by Crippen LogP contribution is -2.15. The largest absolute Gasteiger partial charge is 0.497 e. The number of benzene rings is 2. The lowest BCUT2D eigenvalue weighted by Gasteiger charge is -2.13. The highest BCUT2D eigenvalue weighted by atomic mass is 79.9. The van der Waals surface area contributed by atoms with Crippen LogP contribution in [0.1, 0.15) is 21.5 Å². The zero-order chi connectivity index (χ0) is 15.6. The second-order valence-electron chi connectivity index (χ2n) is 4.82. The van der Waals surface area contributed by atoms with Crippen molar-refractivity contribution in [3.63, 3.8) is 0 Å². The molecular weight excluding hydrogens is 332 g/mol. The second kappa shape index (κ2) is 6.18. The van der Waals surface area contributed by atoms with Crippen LogP contribution < -0.4 is 15.8 Å². The molecule has 2 aromatic carbocycles. The van der Waals surface area contributed by atoms with E-state index in [1.54, 1.807) is 25.3 Å². The maximum absolute atomic E-state index is 12.4. The number of nitrogen functional groups attached to an aromatic ring is 1. The van der Waals surface area contributed by atoms with E-state index in [-0.39, 0.29) is 5.91 Å². The molecule has 0 fully saturated rings. The predicted octanol–water partition coefficient (Wildman–Crippen LogP) is 3.91. The zero-order valence-electron chi connectivity index (χ0n) is 12.2. The van der Waals surface area contributed by atoms with Gasteiger partial charge in [-0.15, -0.1) is 0 Å². The van der Waals surface area contributed by atoms with Crippen LogP contribution in [-0.4, -0.2) is 13.0 Å². The van der Waals surface area contributed by atoms with E-state index in [1.165, 1.54) is 0 Å². The fourth-order valence-electron chi connectivity index (χ4n) is 2.16. The SMILES string of the molecule is COc1ccc(C(=O)Nc2c(C)cc(Br)cc2C)c(N)c1. The van der Waals surface area contributed by atoms with Crippen molar-refractivity contribution in [1.82, 2.24) is 0 Å². The standard InChI is InChI=1S/C16H17BrN2O2/c1-9-6-11(17)7-10(2)15(9)19-16(20)13-5-4-12(21-3)8-14(13)18/h4-8H,18H2,1-3H3,(H,19,20). The first kappa shape index (κ1) is 15.4. The van der Waals surface area contributed by atoms with Crippen molar-refractivity contribution >= 4 is 33.2 Å². The normalized spacial score (nSPS) is 10.3. The quantitative estimate of drug-likeness (QED) is 0.826. The molecule has 0 aliphatic rings. The van der Waals surface area contributed by atoms with Gasteiger partial charge in [0.05, 0.1) is 12.7 Å². The number of hydrogen-bond acceptors (Lipinski definition) is 3. The Labute approximate surface area is 132 Å². The number of ether oxygens (including phenoxy) is 1. The lowest BCUT2D eigenvalue weighted by molar-refractivity contribution is 0.102. The highest BCUT2D eigenvalue weighted by Gasteiger charge is 2.13. The van der Waals surface area contributed by atoms with Gasteiger partial charge in [0, 0.05) is 21.9 Å². The van der Waals surface area contributed by atoms with Crippen molar-refractivity contribution in [2.45, 2.75) is 13.8 Å². The van der Waals surface area contributed by atoms with E-state index in [9.17, 15) is 4.79 Å². The topological polar surface area (TPSA) is 64.3 Å². The third-order valence-corrected chi connectivity index (χ3v) is 3.70. The Morgan fingerprint density at radius 2 is 1.81 bits per heavy atom. The molecule has 4 nitrogen and oxygen atoms in total. The fraction of sp³-hybridized carbons (Fsp3) is 0.188. The van der Waals surface area contributed by atoms with Crippen LogP contribution in [0.3, 0.4) is 0 Å². The molecule has 0 heterocycles. The smallest absolute Gasteiger partial charge is 0.257 e. The van der Waals surface area contributed by atoms with Gasteiger partial charge >= 0.3 is 0 Å². The highest BCUT2D eigenvalue weighted by Crippen LogP contribution is 2.27. The van der Waals surface area contributed by atoms with Crippen molar-refractivity contribution in [2.24, 2.45) is 0 Å². The summed E-state index contributed by atoms with van der Waals surface area (Å²) in [4.78, 5) is 12.4. The van der Waals surface area contributed by atoms with Crippen LogP contribution in [0.25, 0.3) is 0 Å². The van der Waals surface area contributed by atoms with Crippen molar-refractivity contribution < 1.29 is 9.53 Å². The second-order valence-corrected chi connectivity index (χ2v) is 5.74. The number of nitrogens with one attached hydrogen (secondary N) is 1. The van der Waals surface area contributed by atoms with Crippen LogP contribution in [-0.2, 0) is 0 Å². The average Bonchev–Trinajstić information content (AvgIpc) is 2.42. The van der Waals surface area contributed by atoms with Crippen molar-refractivity contribution in [1.29, 1.82) is 0 Å². The summed E-state index contributed by atoms with van der Waals surface area (Å²) < 4.78 is 6.07. The van der Waals surface area contributed by atoms with Gasteiger partial charge in [-0.3, -0.25) is 4.79 Å². The Hall–Kier alpha value is -2.01. The molecule has 1 amide bonds. The predicted molar refractivity (Wildman–Crippen MR) is 89.0 cm³/mol. The molecule has 0 radical (unpaired) electrons. The van der Waals surface area contributed by atoms with Crippen LogP contribution in [0.4, 0.5) is 11.4 Å². The molecule has 0 aliphatic heterocycles. The Morgan fingerprint density at radius 3 is 2.33 bits per heavy atom.